The number of carbonyl (C=O) groups is 1. The third-order valence-electron chi connectivity index (χ3n) is 2.38. The Morgan fingerprint density at radius 3 is 2.85 bits per heavy atom. The first-order chi connectivity index (χ1) is 9.78. The van der Waals surface area contributed by atoms with Crippen molar-refractivity contribution in [3.63, 3.8) is 0 Å². The van der Waals surface area contributed by atoms with Gasteiger partial charge in [-0.3, -0.25) is 4.79 Å². The Hall–Kier alpha value is -1.79. The van der Waals surface area contributed by atoms with Gasteiger partial charge in [-0.2, -0.15) is 16.4 Å². The molecule has 1 aromatic heterocycles. The van der Waals surface area contributed by atoms with Crippen molar-refractivity contribution < 1.29 is 9.53 Å². The number of hydrogen-bond donors (Lipinski definition) is 1. The molecule has 0 saturated heterocycles. The van der Waals surface area contributed by atoms with Crippen LogP contribution in [0.3, 0.4) is 0 Å². The van der Waals surface area contributed by atoms with E-state index in [9.17, 15) is 4.79 Å². The molecular formula is C14H14N2O2S2. The molecule has 0 aliphatic rings. The van der Waals surface area contributed by atoms with Crippen LogP contribution in [-0.2, 0) is 4.79 Å². The Bertz CT molecular complexity index is 565. The average molecular weight is 306 g/mol. The van der Waals surface area contributed by atoms with Crippen LogP contribution in [0.1, 0.15) is 5.56 Å². The number of hydrazone groups is 1. The molecule has 1 amide bonds. The minimum absolute atomic E-state index is 0.128. The summed E-state index contributed by atoms with van der Waals surface area (Å²) < 4.78 is 5.08. The van der Waals surface area contributed by atoms with Crippen molar-refractivity contribution in [1.82, 2.24) is 5.43 Å². The number of benzene rings is 1. The Morgan fingerprint density at radius 1 is 1.40 bits per heavy atom. The fourth-order valence-corrected chi connectivity index (χ4v) is 2.68. The Morgan fingerprint density at radius 2 is 2.20 bits per heavy atom. The first-order valence-electron chi connectivity index (χ1n) is 5.89. The molecule has 1 N–H and O–H groups in total. The molecule has 4 nitrogen and oxygen atoms in total. The van der Waals surface area contributed by atoms with Gasteiger partial charge in [0.2, 0.25) is 5.91 Å². The SMILES string of the molecule is COc1ccc(SCC(=O)N/N=C/c2ccsc2)cc1. The van der Waals surface area contributed by atoms with Crippen molar-refractivity contribution in [3.05, 3.63) is 46.7 Å². The maximum atomic E-state index is 11.6. The predicted octanol–water partition coefficient (Wildman–Crippen LogP) is 3.00. The highest BCUT2D eigenvalue weighted by Gasteiger charge is 2.01. The molecule has 1 aromatic carbocycles. The van der Waals surface area contributed by atoms with Crippen LogP contribution in [0.2, 0.25) is 0 Å². The topological polar surface area (TPSA) is 50.7 Å². The van der Waals surface area contributed by atoms with E-state index in [1.54, 1.807) is 24.7 Å². The Kier molecular flexibility index (Phi) is 5.64. The molecule has 104 valence electrons. The van der Waals surface area contributed by atoms with Crippen LogP contribution in [0.5, 0.6) is 5.75 Å². The standard InChI is InChI=1S/C14H14N2O2S2/c1-18-12-2-4-13(5-3-12)20-10-14(17)16-15-8-11-6-7-19-9-11/h2-9H,10H2,1H3,(H,16,17)/b15-8+. The van der Waals surface area contributed by atoms with E-state index in [4.69, 9.17) is 4.74 Å². The van der Waals surface area contributed by atoms with Gasteiger partial charge in [-0.15, -0.1) is 11.8 Å². The lowest BCUT2D eigenvalue weighted by molar-refractivity contribution is -0.118. The van der Waals surface area contributed by atoms with Crippen molar-refractivity contribution in [3.8, 4) is 5.75 Å². The number of thioether (sulfide) groups is 1. The number of hydrogen-bond acceptors (Lipinski definition) is 5. The fourth-order valence-electron chi connectivity index (χ4n) is 1.38. The highest BCUT2D eigenvalue weighted by atomic mass is 32.2. The van der Waals surface area contributed by atoms with Gasteiger partial charge in [-0.1, -0.05) is 0 Å². The van der Waals surface area contributed by atoms with E-state index in [0.29, 0.717) is 5.75 Å². The van der Waals surface area contributed by atoms with Crippen LogP contribution in [0, 0.1) is 0 Å². The molecule has 0 spiro atoms. The molecule has 0 aliphatic heterocycles. The second-order valence-electron chi connectivity index (χ2n) is 3.81. The highest BCUT2D eigenvalue weighted by Crippen LogP contribution is 2.20. The lowest BCUT2D eigenvalue weighted by Crippen LogP contribution is -2.19. The van der Waals surface area contributed by atoms with Crippen molar-refractivity contribution in [2.45, 2.75) is 4.90 Å². The average Bonchev–Trinajstić information content (AvgIpc) is 2.99. The van der Waals surface area contributed by atoms with Gasteiger partial charge in [0, 0.05) is 10.5 Å². The number of thiophene rings is 1. The van der Waals surface area contributed by atoms with Crippen LogP contribution < -0.4 is 10.2 Å². The van der Waals surface area contributed by atoms with E-state index in [1.165, 1.54) is 11.8 Å². The van der Waals surface area contributed by atoms with E-state index < -0.39 is 0 Å². The summed E-state index contributed by atoms with van der Waals surface area (Å²) in [5.74, 6) is 1.00. The van der Waals surface area contributed by atoms with Gasteiger partial charge >= 0.3 is 0 Å². The van der Waals surface area contributed by atoms with Crippen LogP contribution in [0.4, 0.5) is 0 Å². The van der Waals surface area contributed by atoms with Gasteiger partial charge in [0.1, 0.15) is 5.75 Å². The number of ether oxygens (including phenoxy) is 1. The number of carbonyl (C=O) groups excluding carboxylic acids is 1. The second-order valence-corrected chi connectivity index (χ2v) is 5.64. The van der Waals surface area contributed by atoms with Crippen molar-refractivity contribution >= 4 is 35.2 Å². The van der Waals surface area contributed by atoms with Crippen LogP contribution >= 0.6 is 23.1 Å². The van der Waals surface area contributed by atoms with Crippen LogP contribution in [0.15, 0.2) is 51.1 Å². The number of methoxy groups -OCH3 is 1. The Balaban J connectivity index is 1.74. The Labute approximate surface area is 125 Å². The molecule has 2 rings (SSSR count). The van der Waals surface area contributed by atoms with Gasteiger partial charge < -0.3 is 4.74 Å². The summed E-state index contributed by atoms with van der Waals surface area (Å²) >= 11 is 3.05. The van der Waals surface area contributed by atoms with Gasteiger partial charge in [0.05, 0.1) is 19.1 Å². The maximum absolute atomic E-state index is 11.6. The number of rotatable bonds is 6. The molecule has 0 aliphatic carbocycles. The van der Waals surface area contributed by atoms with Gasteiger partial charge in [-0.25, -0.2) is 5.43 Å². The van der Waals surface area contributed by atoms with E-state index in [0.717, 1.165) is 16.2 Å². The molecule has 0 radical (unpaired) electrons. The number of nitrogens with one attached hydrogen (secondary N) is 1. The first-order valence-corrected chi connectivity index (χ1v) is 7.82. The molecule has 0 fully saturated rings. The number of amides is 1. The lowest BCUT2D eigenvalue weighted by Gasteiger charge is -2.02. The van der Waals surface area contributed by atoms with Gasteiger partial charge in [-0.05, 0) is 41.1 Å². The highest BCUT2D eigenvalue weighted by molar-refractivity contribution is 8.00. The summed E-state index contributed by atoms with van der Waals surface area (Å²) in [6, 6.07) is 9.52. The zero-order valence-corrected chi connectivity index (χ0v) is 12.5. The second kappa shape index (κ2) is 7.72. The van der Waals surface area contributed by atoms with Crippen LogP contribution in [0.25, 0.3) is 0 Å². The third-order valence-corrected chi connectivity index (χ3v) is 4.09. The van der Waals surface area contributed by atoms with Crippen LogP contribution in [-0.4, -0.2) is 25.0 Å². The van der Waals surface area contributed by atoms with Gasteiger partial charge in [0.15, 0.2) is 0 Å². The van der Waals surface area contributed by atoms with Crippen molar-refractivity contribution in [2.75, 3.05) is 12.9 Å². The molecule has 0 saturated carbocycles. The summed E-state index contributed by atoms with van der Waals surface area (Å²) in [6.45, 7) is 0. The summed E-state index contributed by atoms with van der Waals surface area (Å²) in [5.41, 5.74) is 3.49. The molecule has 0 unspecified atom stereocenters. The molecule has 6 heteroatoms. The maximum Gasteiger partial charge on any atom is 0.250 e. The summed E-state index contributed by atoms with van der Waals surface area (Å²) in [6.07, 6.45) is 1.63. The zero-order chi connectivity index (χ0) is 14.2. The molecule has 2 aromatic rings. The first kappa shape index (κ1) is 14.6. The monoisotopic (exact) mass is 306 g/mol. The molecule has 0 atom stereocenters. The number of nitrogens with zero attached hydrogens (tertiary/aromatic N) is 1. The van der Waals surface area contributed by atoms with E-state index in [2.05, 4.69) is 10.5 Å². The molecule has 1 heterocycles. The summed E-state index contributed by atoms with van der Waals surface area (Å²) in [4.78, 5) is 12.6. The summed E-state index contributed by atoms with van der Waals surface area (Å²) in [5, 5.41) is 7.82. The predicted molar refractivity (Wildman–Crippen MR) is 83.8 cm³/mol. The zero-order valence-electron chi connectivity index (χ0n) is 10.9. The lowest BCUT2D eigenvalue weighted by atomic mass is 10.3. The van der Waals surface area contributed by atoms with Crippen molar-refractivity contribution in [1.29, 1.82) is 0 Å². The smallest absolute Gasteiger partial charge is 0.250 e. The van der Waals surface area contributed by atoms with Gasteiger partial charge in [0.25, 0.3) is 0 Å². The fraction of sp³-hybridized carbons (Fsp3) is 0.143. The largest absolute Gasteiger partial charge is 0.497 e. The van der Waals surface area contributed by atoms with Crippen molar-refractivity contribution in [2.24, 2.45) is 5.10 Å². The third kappa shape index (κ3) is 4.71. The normalized spacial score (nSPS) is 10.7. The molecule has 20 heavy (non-hydrogen) atoms. The van der Waals surface area contributed by atoms with E-state index >= 15 is 0 Å². The van der Waals surface area contributed by atoms with E-state index in [1.807, 2.05) is 41.1 Å². The molecular weight excluding hydrogens is 292 g/mol. The van der Waals surface area contributed by atoms with E-state index in [-0.39, 0.29) is 5.91 Å². The minimum Gasteiger partial charge on any atom is -0.497 e. The quantitative estimate of drug-likeness (QED) is 0.507. The summed E-state index contributed by atoms with van der Waals surface area (Å²) in [7, 11) is 1.63. The molecule has 0 bridgehead atoms. The minimum atomic E-state index is -0.128.